The zero-order chi connectivity index (χ0) is 14.0. The molecule has 2 aromatic rings. The highest BCUT2D eigenvalue weighted by Gasteiger charge is 2.08. The first kappa shape index (κ1) is 13.3. The van der Waals surface area contributed by atoms with E-state index in [4.69, 9.17) is 10.5 Å². The second kappa shape index (κ2) is 5.24. The van der Waals surface area contributed by atoms with Gasteiger partial charge in [0.1, 0.15) is 11.6 Å². The molecule has 1 heterocycles. The lowest BCUT2D eigenvalue weighted by atomic mass is 10.1. The third-order valence-corrected chi connectivity index (χ3v) is 2.88. The Morgan fingerprint density at radius 1 is 1.37 bits per heavy atom. The summed E-state index contributed by atoms with van der Waals surface area (Å²) in [6.07, 6.45) is 0. The van der Waals surface area contributed by atoms with Crippen molar-refractivity contribution in [1.82, 2.24) is 9.97 Å². The van der Waals surface area contributed by atoms with Crippen LogP contribution in [0.4, 0.5) is 0 Å². The van der Waals surface area contributed by atoms with Gasteiger partial charge in [-0.1, -0.05) is 0 Å². The number of nitrogens with two attached hydrogens (primary N) is 1. The molecule has 0 bridgehead atoms. The number of hydrogen-bond acceptors (Lipinski definition) is 4. The molecule has 1 atom stereocenters. The number of aromatic nitrogens is 2. The summed E-state index contributed by atoms with van der Waals surface area (Å²) in [6, 6.07) is 6.82. The second-order valence-corrected chi connectivity index (χ2v) is 4.49. The van der Waals surface area contributed by atoms with Crippen LogP contribution in [0.25, 0.3) is 11.3 Å². The Balaban J connectivity index is 2.52. The number of nitrogens with one attached hydrogen (secondary N) is 1. The lowest BCUT2D eigenvalue weighted by Crippen LogP contribution is -2.17. The molecule has 19 heavy (non-hydrogen) atoms. The molecule has 100 valence electrons. The van der Waals surface area contributed by atoms with E-state index in [2.05, 4.69) is 9.97 Å². The van der Waals surface area contributed by atoms with Crippen LogP contribution in [0, 0.1) is 6.92 Å². The minimum Gasteiger partial charge on any atom is -0.496 e. The average Bonchev–Trinajstić information content (AvgIpc) is 2.37. The van der Waals surface area contributed by atoms with E-state index < -0.39 is 0 Å². The highest BCUT2D eigenvalue weighted by atomic mass is 16.5. The van der Waals surface area contributed by atoms with Crippen LogP contribution >= 0.6 is 0 Å². The summed E-state index contributed by atoms with van der Waals surface area (Å²) in [4.78, 5) is 18.6. The van der Waals surface area contributed by atoms with Crippen molar-refractivity contribution in [2.24, 2.45) is 5.73 Å². The second-order valence-electron chi connectivity index (χ2n) is 4.49. The number of hydrogen-bond donors (Lipinski definition) is 2. The highest BCUT2D eigenvalue weighted by molar-refractivity contribution is 5.61. The summed E-state index contributed by atoms with van der Waals surface area (Å²) >= 11 is 0. The van der Waals surface area contributed by atoms with Crippen LogP contribution in [-0.2, 0) is 0 Å². The topological polar surface area (TPSA) is 81.0 Å². The van der Waals surface area contributed by atoms with E-state index in [1.54, 1.807) is 14.0 Å². The van der Waals surface area contributed by atoms with Crippen molar-refractivity contribution in [3.63, 3.8) is 0 Å². The summed E-state index contributed by atoms with van der Waals surface area (Å²) in [5.41, 5.74) is 8.02. The summed E-state index contributed by atoms with van der Waals surface area (Å²) in [5, 5.41) is 0. The molecule has 0 aliphatic carbocycles. The van der Waals surface area contributed by atoms with E-state index in [1.807, 2.05) is 25.1 Å². The van der Waals surface area contributed by atoms with E-state index in [0.717, 1.165) is 16.9 Å². The van der Waals surface area contributed by atoms with Gasteiger partial charge in [0, 0.05) is 11.6 Å². The molecular weight excluding hydrogens is 242 g/mol. The molecule has 0 saturated carbocycles. The van der Waals surface area contributed by atoms with Gasteiger partial charge in [0.05, 0.1) is 18.8 Å². The molecule has 0 fully saturated rings. The minimum absolute atomic E-state index is 0.203. The van der Waals surface area contributed by atoms with E-state index in [9.17, 15) is 4.79 Å². The van der Waals surface area contributed by atoms with Crippen molar-refractivity contribution in [2.45, 2.75) is 19.9 Å². The van der Waals surface area contributed by atoms with E-state index in [-0.39, 0.29) is 11.6 Å². The van der Waals surface area contributed by atoms with Crippen LogP contribution in [0.2, 0.25) is 0 Å². The van der Waals surface area contributed by atoms with Crippen LogP contribution < -0.4 is 16.0 Å². The molecule has 2 rings (SSSR count). The van der Waals surface area contributed by atoms with Gasteiger partial charge in [-0.05, 0) is 37.6 Å². The molecule has 0 spiro atoms. The molecule has 0 aliphatic heterocycles. The van der Waals surface area contributed by atoms with Gasteiger partial charge in [-0.2, -0.15) is 0 Å². The van der Waals surface area contributed by atoms with E-state index in [1.165, 1.54) is 6.07 Å². The van der Waals surface area contributed by atoms with Gasteiger partial charge in [-0.15, -0.1) is 0 Å². The van der Waals surface area contributed by atoms with Crippen LogP contribution in [0.3, 0.4) is 0 Å². The lowest BCUT2D eigenvalue weighted by molar-refractivity contribution is 0.412. The molecule has 1 aromatic carbocycles. The Morgan fingerprint density at radius 2 is 2.11 bits per heavy atom. The van der Waals surface area contributed by atoms with Crippen molar-refractivity contribution in [2.75, 3.05) is 7.11 Å². The predicted octanol–water partition coefficient (Wildman–Crippen LogP) is 1.77. The minimum atomic E-state index is -0.313. The number of nitrogens with zero attached hydrogens (tertiary/aromatic N) is 1. The van der Waals surface area contributed by atoms with Crippen LogP contribution in [0.5, 0.6) is 5.75 Å². The lowest BCUT2D eigenvalue weighted by Gasteiger charge is -2.09. The molecule has 5 heteroatoms. The van der Waals surface area contributed by atoms with Gasteiger partial charge in [0.15, 0.2) is 0 Å². The summed E-state index contributed by atoms with van der Waals surface area (Å²) in [5.74, 6) is 1.29. The van der Waals surface area contributed by atoms with Crippen LogP contribution in [0.15, 0.2) is 29.1 Å². The average molecular weight is 259 g/mol. The maximum absolute atomic E-state index is 11.6. The standard InChI is InChI=1S/C14H17N3O2/c1-8-6-10(4-5-12(8)19-3)11-7-13(18)17-14(16-11)9(2)15/h4-7,9H,15H2,1-3H3,(H,16,17,18). The number of benzene rings is 1. The normalized spacial score (nSPS) is 12.2. The number of H-pyrrole nitrogens is 1. The number of methoxy groups -OCH3 is 1. The first-order valence-electron chi connectivity index (χ1n) is 6.03. The quantitative estimate of drug-likeness (QED) is 0.880. The third kappa shape index (κ3) is 2.82. The Bertz CT molecular complexity index is 647. The number of rotatable bonds is 3. The fourth-order valence-corrected chi connectivity index (χ4v) is 1.88. The molecule has 0 aliphatic rings. The van der Waals surface area contributed by atoms with Crippen molar-refractivity contribution < 1.29 is 4.74 Å². The molecular formula is C14H17N3O2. The SMILES string of the molecule is COc1ccc(-c2cc(=O)[nH]c(C(C)N)n2)cc1C. The number of aromatic amines is 1. The van der Waals surface area contributed by atoms with Crippen molar-refractivity contribution in [3.05, 3.63) is 46.0 Å². The first-order chi connectivity index (χ1) is 9.01. The molecule has 0 amide bonds. The Labute approximate surface area is 111 Å². The maximum Gasteiger partial charge on any atom is 0.251 e. The van der Waals surface area contributed by atoms with Crippen LogP contribution in [-0.4, -0.2) is 17.1 Å². The van der Waals surface area contributed by atoms with Crippen LogP contribution in [0.1, 0.15) is 24.4 Å². The monoisotopic (exact) mass is 259 g/mol. The molecule has 1 aromatic heterocycles. The highest BCUT2D eigenvalue weighted by Crippen LogP contribution is 2.24. The number of aryl methyl sites for hydroxylation is 1. The maximum atomic E-state index is 11.6. The third-order valence-electron chi connectivity index (χ3n) is 2.88. The molecule has 1 unspecified atom stereocenters. The molecule has 3 N–H and O–H groups in total. The van der Waals surface area contributed by atoms with Gasteiger partial charge >= 0.3 is 0 Å². The first-order valence-corrected chi connectivity index (χ1v) is 6.03. The smallest absolute Gasteiger partial charge is 0.251 e. The van der Waals surface area contributed by atoms with Gasteiger partial charge in [0.25, 0.3) is 5.56 Å². The summed E-state index contributed by atoms with van der Waals surface area (Å²) in [7, 11) is 1.63. The van der Waals surface area contributed by atoms with E-state index in [0.29, 0.717) is 11.5 Å². The zero-order valence-electron chi connectivity index (χ0n) is 11.2. The Kier molecular flexibility index (Phi) is 3.66. The predicted molar refractivity (Wildman–Crippen MR) is 74.2 cm³/mol. The largest absolute Gasteiger partial charge is 0.496 e. The van der Waals surface area contributed by atoms with Gasteiger partial charge < -0.3 is 15.5 Å². The fourth-order valence-electron chi connectivity index (χ4n) is 1.88. The van der Waals surface area contributed by atoms with Crippen molar-refractivity contribution in [3.8, 4) is 17.0 Å². The molecule has 0 radical (unpaired) electrons. The fraction of sp³-hybridized carbons (Fsp3) is 0.286. The van der Waals surface area contributed by atoms with E-state index >= 15 is 0 Å². The molecule has 0 saturated heterocycles. The van der Waals surface area contributed by atoms with Gasteiger partial charge in [-0.3, -0.25) is 4.79 Å². The Morgan fingerprint density at radius 3 is 2.68 bits per heavy atom. The molecule has 5 nitrogen and oxygen atoms in total. The zero-order valence-corrected chi connectivity index (χ0v) is 11.2. The van der Waals surface area contributed by atoms with Gasteiger partial charge in [-0.25, -0.2) is 4.98 Å². The number of ether oxygens (including phenoxy) is 1. The Hall–Kier alpha value is -2.14. The van der Waals surface area contributed by atoms with Crippen molar-refractivity contribution in [1.29, 1.82) is 0 Å². The summed E-state index contributed by atoms with van der Waals surface area (Å²) < 4.78 is 5.21. The van der Waals surface area contributed by atoms with Crippen molar-refractivity contribution >= 4 is 0 Å². The summed E-state index contributed by atoms with van der Waals surface area (Å²) in [6.45, 7) is 3.73. The van der Waals surface area contributed by atoms with Gasteiger partial charge in [0.2, 0.25) is 0 Å².